The van der Waals surface area contributed by atoms with Crippen LogP contribution in [0.5, 0.6) is 5.75 Å². The summed E-state index contributed by atoms with van der Waals surface area (Å²) in [5.41, 5.74) is 0.799. The van der Waals surface area contributed by atoms with Gasteiger partial charge >= 0.3 is 0 Å². The van der Waals surface area contributed by atoms with Crippen molar-refractivity contribution in [1.82, 2.24) is 0 Å². The minimum absolute atomic E-state index is 0.234. The molecule has 0 amide bonds. The van der Waals surface area contributed by atoms with Crippen molar-refractivity contribution in [3.05, 3.63) is 29.8 Å². The maximum atomic E-state index is 11.9. The fraction of sp³-hybridized carbons (Fsp3) is 0.533. The van der Waals surface area contributed by atoms with E-state index in [4.69, 9.17) is 4.74 Å². The molecule has 0 spiro atoms. The first-order valence-electron chi connectivity index (χ1n) is 6.49. The van der Waals surface area contributed by atoms with Gasteiger partial charge in [-0.3, -0.25) is 4.79 Å². The quantitative estimate of drug-likeness (QED) is 0.696. The highest BCUT2D eigenvalue weighted by Crippen LogP contribution is 2.27. The van der Waals surface area contributed by atoms with Gasteiger partial charge in [0.15, 0.2) is 5.78 Å². The molecule has 92 valence electrons. The van der Waals surface area contributed by atoms with E-state index in [0.29, 0.717) is 18.4 Å². The maximum absolute atomic E-state index is 11.9. The molecule has 1 fully saturated rings. The van der Waals surface area contributed by atoms with Crippen LogP contribution in [-0.4, -0.2) is 11.9 Å². The van der Waals surface area contributed by atoms with Gasteiger partial charge in [0.2, 0.25) is 0 Å². The summed E-state index contributed by atoms with van der Waals surface area (Å²) in [5.74, 6) is 1.58. The largest absolute Gasteiger partial charge is 0.490 e. The lowest BCUT2D eigenvalue weighted by atomic mass is 9.98. The summed E-state index contributed by atoms with van der Waals surface area (Å²) in [5, 5.41) is 0. The Balaban J connectivity index is 1.93. The number of rotatable bonds is 6. The molecular formula is C15H20O2. The van der Waals surface area contributed by atoms with Gasteiger partial charge in [-0.15, -0.1) is 0 Å². The molecule has 1 aromatic carbocycles. The summed E-state index contributed by atoms with van der Waals surface area (Å²) in [6, 6.07) is 7.56. The van der Waals surface area contributed by atoms with Crippen molar-refractivity contribution in [1.29, 1.82) is 0 Å². The Morgan fingerprint density at radius 2 is 2.00 bits per heavy atom. The predicted octanol–water partition coefficient (Wildman–Crippen LogP) is 3.85. The van der Waals surface area contributed by atoms with Crippen LogP contribution in [0.1, 0.15) is 49.9 Å². The number of Topliss-reactive ketones (excluding diaryl/α,β-unsaturated/α-hetero) is 1. The van der Waals surface area contributed by atoms with Gasteiger partial charge in [0, 0.05) is 12.0 Å². The fourth-order valence-corrected chi connectivity index (χ4v) is 1.68. The van der Waals surface area contributed by atoms with Crippen LogP contribution in [0.15, 0.2) is 24.3 Å². The van der Waals surface area contributed by atoms with E-state index in [0.717, 1.165) is 30.6 Å². The first kappa shape index (κ1) is 12.2. The summed E-state index contributed by atoms with van der Waals surface area (Å²) in [6.45, 7) is 4.23. The lowest BCUT2D eigenvalue weighted by molar-refractivity contribution is 0.0963. The van der Waals surface area contributed by atoms with Crippen molar-refractivity contribution in [3.63, 3.8) is 0 Å². The van der Waals surface area contributed by atoms with Crippen molar-refractivity contribution in [2.45, 2.75) is 45.6 Å². The number of hydrogen-bond donors (Lipinski definition) is 0. The maximum Gasteiger partial charge on any atom is 0.163 e. The average Bonchev–Trinajstić information content (AvgIpc) is 3.13. The molecule has 1 unspecified atom stereocenters. The second-order valence-corrected chi connectivity index (χ2v) is 4.98. The summed E-state index contributed by atoms with van der Waals surface area (Å²) in [6.07, 6.45) is 4.42. The van der Waals surface area contributed by atoms with Gasteiger partial charge in [0.25, 0.3) is 0 Å². The zero-order valence-corrected chi connectivity index (χ0v) is 10.6. The topological polar surface area (TPSA) is 26.3 Å². The Hall–Kier alpha value is -1.31. The average molecular weight is 232 g/mol. The minimum Gasteiger partial charge on any atom is -0.490 e. The molecule has 0 heterocycles. The van der Waals surface area contributed by atoms with Crippen molar-refractivity contribution < 1.29 is 9.53 Å². The Morgan fingerprint density at radius 3 is 2.53 bits per heavy atom. The normalized spacial score (nSPS) is 16.6. The van der Waals surface area contributed by atoms with Gasteiger partial charge < -0.3 is 4.74 Å². The molecule has 2 rings (SSSR count). The summed E-state index contributed by atoms with van der Waals surface area (Å²) in [7, 11) is 0. The van der Waals surface area contributed by atoms with Gasteiger partial charge in [-0.05, 0) is 43.0 Å². The van der Waals surface area contributed by atoms with Crippen LogP contribution in [0.4, 0.5) is 0 Å². The second kappa shape index (κ2) is 5.35. The van der Waals surface area contributed by atoms with Crippen LogP contribution in [0.2, 0.25) is 0 Å². The highest BCUT2D eigenvalue weighted by Gasteiger charge is 2.23. The standard InChI is InChI=1S/C15H20O2/c1-3-11(2)10-15(16)12-4-6-13(7-5-12)17-14-8-9-14/h4-7,11,14H,3,8-10H2,1-2H3. The van der Waals surface area contributed by atoms with Crippen LogP contribution < -0.4 is 4.74 Å². The molecule has 17 heavy (non-hydrogen) atoms. The van der Waals surface area contributed by atoms with E-state index in [2.05, 4.69) is 13.8 Å². The first-order valence-corrected chi connectivity index (χ1v) is 6.49. The molecule has 1 aliphatic rings. The Labute approximate surface area is 103 Å². The molecule has 0 N–H and O–H groups in total. The summed E-state index contributed by atoms with van der Waals surface area (Å²) < 4.78 is 5.65. The van der Waals surface area contributed by atoms with Gasteiger partial charge in [-0.1, -0.05) is 20.3 Å². The smallest absolute Gasteiger partial charge is 0.163 e. The van der Waals surface area contributed by atoms with Gasteiger partial charge in [0.05, 0.1) is 6.10 Å². The van der Waals surface area contributed by atoms with Crippen molar-refractivity contribution >= 4 is 5.78 Å². The Morgan fingerprint density at radius 1 is 1.35 bits per heavy atom. The number of carbonyl (C=O) groups is 1. The predicted molar refractivity (Wildman–Crippen MR) is 68.5 cm³/mol. The molecule has 1 aliphatic carbocycles. The van der Waals surface area contributed by atoms with E-state index >= 15 is 0 Å². The highest BCUT2D eigenvalue weighted by atomic mass is 16.5. The molecule has 0 radical (unpaired) electrons. The third-order valence-electron chi connectivity index (χ3n) is 3.23. The SMILES string of the molecule is CCC(C)CC(=O)c1ccc(OC2CC2)cc1. The monoisotopic (exact) mass is 232 g/mol. The molecule has 0 aliphatic heterocycles. The van der Waals surface area contributed by atoms with Crippen molar-refractivity contribution in [2.75, 3.05) is 0 Å². The van der Waals surface area contributed by atoms with Crippen LogP contribution >= 0.6 is 0 Å². The van der Waals surface area contributed by atoms with Crippen LogP contribution in [0, 0.1) is 5.92 Å². The van der Waals surface area contributed by atoms with Crippen molar-refractivity contribution in [3.8, 4) is 5.75 Å². The van der Waals surface area contributed by atoms with E-state index in [1.54, 1.807) is 0 Å². The van der Waals surface area contributed by atoms with E-state index in [1.807, 2.05) is 24.3 Å². The number of hydrogen-bond acceptors (Lipinski definition) is 2. The molecule has 1 atom stereocenters. The third-order valence-corrected chi connectivity index (χ3v) is 3.23. The van der Waals surface area contributed by atoms with E-state index in [-0.39, 0.29) is 5.78 Å². The van der Waals surface area contributed by atoms with Crippen LogP contribution in [0.25, 0.3) is 0 Å². The Bertz CT molecular complexity index is 376. The zero-order valence-electron chi connectivity index (χ0n) is 10.6. The van der Waals surface area contributed by atoms with E-state index in [9.17, 15) is 4.79 Å². The van der Waals surface area contributed by atoms with E-state index < -0.39 is 0 Å². The number of ether oxygens (including phenoxy) is 1. The van der Waals surface area contributed by atoms with E-state index in [1.165, 1.54) is 0 Å². The molecular weight excluding hydrogens is 212 g/mol. The van der Waals surface area contributed by atoms with Crippen molar-refractivity contribution in [2.24, 2.45) is 5.92 Å². The second-order valence-electron chi connectivity index (χ2n) is 4.98. The molecule has 1 aromatic rings. The zero-order chi connectivity index (χ0) is 12.3. The molecule has 0 saturated heterocycles. The Kier molecular flexibility index (Phi) is 3.82. The number of ketones is 1. The van der Waals surface area contributed by atoms with Gasteiger partial charge in [0.1, 0.15) is 5.75 Å². The molecule has 0 bridgehead atoms. The lowest BCUT2D eigenvalue weighted by Gasteiger charge is -2.08. The minimum atomic E-state index is 0.234. The molecule has 2 heteroatoms. The fourth-order valence-electron chi connectivity index (χ4n) is 1.68. The first-order chi connectivity index (χ1) is 8.19. The van der Waals surface area contributed by atoms with Crippen LogP contribution in [-0.2, 0) is 0 Å². The molecule has 0 aromatic heterocycles. The number of benzene rings is 1. The third kappa shape index (κ3) is 3.58. The van der Waals surface area contributed by atoms with Crippen LogP contribution in [0.3, 0.4) is 0 Å². The number of carbonyl (C=O) groups excluding carboxylic acids is 1. The summed E-state index contributed by atoms with van der Waals surface area (Å²) in [4.78, 5) is 11.9. The van der Waals surface area contributed by atoms with Gasteiger partial charge in [-0.25, -0.2) is 0 Å². The highest BCUT2D eigenvalue weighted by molar-refractivity contribution is 5.96. The molecule has 1 saturated carbocycles. The summed E-state index contributed by atoms with van der Waals surface area (Å²) >= 11 is 0. The van der Waals surface area contributed by atoms with Gasteiger partial charge in [-0.2, -0.15) is 0 Å². The molecule has 2 nitrogen and oxygen atoms in total. The lowest BCUT2D eigenvalue weighted by Crippen LogP contribution is -2.05.